The SMILES string of the molecule is CC(C)Oc1ccc(-c2noc(-c3ccc4c(ccn4[C@H]4CC[C@@H](C(=O)O)C4)c3)n2)cc1Cl. The van der Waals surface area contributed by atoms with Crippen molar-refractivity contribution < 1.29 is 19.2 Å². The van der Waals surface area contributed by atoms with Crippen LogP contribution in [-0.4, -0.2) is 31.9 Å². The number of ether oxygens (including phenoxy) is 1. The van der Waals surface area contributed by atoms with Crippen LogP contribution in [0.3, 0.4) is 0 Å². The van der Waals surface area contributed by atoms with E-state index in [0.29, 0.717) is 28.9 Å². The first-order valence-electron chi connectivity index (χ1n) is 11.0. The van der Waals surface area contributed by atoms with Gasteiger partial charge in [0.2, 0.25) is 5.82 Å². The Hall–Kier alpha value is -3.32. The molecule has 33 heavy (non-hydrogen) atoms. The number of benzene rings is 2. The van der Waals surface area contributed by atoms with Crippen LogP contribution in [0.4, 0.5) is 0 Å². The number of carboxylic acids is 1. The molecule has 2 aromatic carbocycles. The third-order valence-electron chi connectivity index (χ3n) is 6.09. The first kappa shape index (κ1) is 21.5. The summed E-state index contributed by atoms with van der Waals surface area (Å²) in [6.07, 6.45) is 4.32. The van der Waals surface area contributed by atoms with Crippen molar-refractivity contribution in [2.24, 2.45) is 5.92 Å². The third-order valence-corrected chi connectivity index (χ3v) is 6.39. The zero-order chi connectivity index (χ0) is 23.1. The van der Waals surface area contributed by atoms with Crippen molar-refractivity contribution in [2.45, 2.75) is 45.3 Å². The topological polar surface area (TPSA) is 90.4 Å². The average molecular weight is 466 g/mol. The Labute approximate surface area is 195 Å². The minimum absolute atomic E-state index is 0.0298. The summed E-state index contributed by atoms with van der Waals surface area (Å²) in [6, 6.07) is 13.7. The van der Waals surface area contributed by atoms with Gasteiger partial charge in [-0.15, -0.1) is 0 Å². The summed E-state index contributed by atoms with van der Waals surface area (Å²) >= 11 is 6.35. The number of aliphatic carboxylic acids is 1. The quantitative estimate of drug-likeness (QED) is 0.363. The van der Waals surface area contributed by atoms with Gasteiger partial charge in [-0.05, 0) is 75.6 Å². The van der Waals surface area contributed by atoms with Crippen LogP contribution in [0.5, 0.6) is 5.75 Å². The van der Waals surface area contributed by atoms with Gasteiger partial charge >= 0.3 is 5.97 Å². The van der Waals surface area contributed by atoms with Gasteiger partial charge in [0.25, 0.3) is 5.89 Å². The van der Waals surface area contributed by atoms with Crippen LogP contribution in [-0.2, 0) is 4.79 Å². The van der Waals surface area contributed by atoms with Crippen LogP contribution in [0.1, 0.15) is 39.2 Å². The maximum absolute atomic E-state index is 11.3. The number of halogens is 1. The molecule has 4 aromatic rings. The molecule has 0 spiro atoms. The van der Waals surface area contributed by atoms with E-state index in [-0.39, 0.29) is 18.1 Å². The summed E-state index contributed by atoms with van der Waals surface area (Å²) in [6.45, 7) is 3.89. The van der Waals surface area contributed by atoms with E-state index in [1.165, 1.54) is 0 Å². The molecule has 1 aliphatic rings. The zero-order valence-electron chi connectivity index (χ0n) is 18.4. The summed E-state index contributed by atoms with van der Waals surface area (Å²) in [7, 11) is 0. The predicted molar refractivity (Wildman–Crippen MR) is 125 cm³/mol. The average Bonchev–Trinajstić information content (AvgIpc) is 3.53. The zero-order valence-corrected chi connectivity index (χ0v) is 19.1. The van der Waals surface area contributed by atoms with Gasteiger partial charge in [-0.1, -0.05) is 16.8 Å². The Morgan fingerprint density at radius 2 is 2.00 bits per heavy atom. The van der Waals surface area contributed by atoms with Gasteiger partial charge in [0.1, 0.15) is 5.75 Å². The van der Waals surface area contributed by atoms with Gasteiger partial charge in [0.15, 0.2) is 0 Å². The van der Waals surface area contributed by atoms with Crippen LogP contribution < -0.4 is 4.74 Å². The van der Waals surface area contributed by atoms with Crippen LogP contribution in [0, 0.1) is 5.92 Å². The molecule has 0 bridgehead atoms. The summed E-state index contributed by atoms with van der Waals surface area (Å²) in [5.74, 6) is 0.525. The van der Waals surface area contributed by atoms with Gasteiger partial charge in [-0.3, -0.25) is 4.79 Å². The predicted octanol–water partition coefficient (Wildman–Crippen LogP) is 6.22. The molecule has 2 aromatic heterocycles. The van der Waals surface area contributed by atoms with E-state index in [0.717, 1.165) is 34.9 Å². The molecule has 5 rings (SSSR count). The van der Waals surface area contributed by atoms with E-state index >= 15 is 0 Å². The Bertz CT molecular complexity index is 1330. The Morgan fingerprint density at radius 3 is 2.73 bits per heavy atom. The fourth-order valence-electron chi connectivity index (χ4n) is 4.50. The summed E-state index contributed by atoms with van der Waals surface area (Å²) in [4.78, 5) is 15.9. The smallest absolute Gasteiger partial charge is 0.306 e. The third kappa shape index (κ3) is 4.20. The fourth-order valence-corrected chi connectivity index (χ4v) is 4.72. The normalized spacial score (nSPS) is 18.3. The second-order valence-corrected chi connectivity index (χ2v) is 9.14. The molecule has 0 unspecified atom stereocenters. The molecule has 1 saturated carbocycles. The molecule has 0 amide bonds. The first-order valence-corrected chi connectivity index (χ1v) is 11.4. The monoisotopic (exact) mass is 465 g/mol. The molecule has 0 aliphatic heterocycles. The highest BCUT2D eigenvalue weighted by Crippen LogP contribution is 2.38. The molecule has 1 aliphatic carbocycles. The van der Waals surface area contributed by atoms with Crippen LogP contribution in [0.25, 0.3) is 33.7 Å². The van der Waals surface area contributed by atoms with E-state index < -0.39 is 5.97 Å². The second kappa shape index (κ2) is 8.56. The van der Waals surface area contributed by atoms with Crippen LogP contribution >= 0.6 is 11.6 Å². The van der Waals surface area contributed by atoms with Crippen molar-refractivity contribution in [3.8, 4) is 28.6 Å². The highest BCUT2D eigenvalue weighted by molar-refractivity contribution is 6.32. The summed E-state index contributed by atoms with van der Waals surface area (Å²) < 4.78 is 13.4. The molecule has 2 heterocycles. The van der Waals surface area contributed by atoms with E-state index in [4.69, 9.17) is 20.9 Å². The highest BCUT2D eigenvalue weighted by atomic mass is 35.5. The maximum Gasteiger partial charge on any atom is 0.306 e. The summed E-state index contributed by atoms with van der Waals surface area (Å²) in [5, 5.41) is 15.0. The lowest BCUT2D eigenvalue weighted by atomic mass is 10.1. The van der Waals surface area contributed by atoms with Gasteiger partial charge < -0.3 is 18.9 Å². The molecular weight excluding hydrogens is 442 g/mol. The Balaban J connectivity index is 1.39. The molecular formula is C25H24ClN3O4. The van der Waals surface area contributed by atoms with Gasteiger partial charge in [-0.2, -0.15) is 4.98 Å². The number of hydrogen-bond acceptors (Lipinski definition) is 5. The number of hydrogen-bond donors (Lipinski definition) is 1. The molecule has 8 heteroatoms. The van der Waals surface area contributed by atoms with E-state index in [2.05, 4.69) is 14.7 Å². The number of nitrogens with zero attached hydrogens (tertiary/aromatic N) is 3. The summed E-state index contributed by atoms with van der Waals surface area (Å²) in [5.41, 5.74) is 2.63. The molecule has 7 nitrogen and oxygen atoms in total. The van der Waals surface area contributed by atoms with Crippen molar-refractivity contribution in [1.29, 1.82) is 0 Å². The molecule has 170 valence electrons. The lowest BCUT2D eigenvalue weighted by Crippen LogP contribution is -2.11. The van der Waals surface area contributed by atoms with Gasteiger partial charge in [-0.25, -0.2) is 0 Å². The maximum atomic E-state index is 11.3. The van der Waals surface area contributed by atoms with Crippen molar-refractivity contribution in [1.82, 2.24) is 14.7 Å². The van der Waals surface area contributed by atoms with Crippen molar-refractivity contribution in [3.05, 3.63) is 53.7 Å². The number of aromatic nitrogens is 3. The van der Waals surface area contributed by atoms with Crippen LogP contribution in [0.15, 0.2) is 53.2 Å². The van der Waals surface area contributed by atoms with Crippen LogP contribution in [0.2, 0.25) is 5.02 Å². The lowest BCUT2D eigenvalue weighted by molar-refractivity contribution is -0.141. The number of rotatable bonds is 6. The lowest BCUT2D eigenvalue weighted by Gasteiger charge is -2.14. The molecule has 2 atom stereocenters. The fraction of sp³-hybridized carbons (Fsp3) is 0.320. The molecule has 1 N–H and O–H groups in total. The number of carbonyl (C=O) groups is 1. The highest BCUT2D eigenvalue weighted by Gasteiger charge is 2.31. The molecule has 1 fully saturated rings. The van der Waals surface area contributed by atoms with E-state index in [1.54, 1.807) is 12.1 Å². The first-order chi connectivity index (χ1) is 15.9. The van der Waals surface area contributed by atoms with Gasteiger partial charge in [0, 0.05) is 34.3 Å². The Kier molecular flexibility index (Phi) is 5.58. The van der Waals surface area contributed by atoms with E-state index in [9.17, 15) is 9.90 Å². The van der Waals surface area contributed by atoms with Crippen molar-refractivity contribution >= 4 is 28.5 Å². The standard InChI is InChI=1S/C25H24ClN3O4/c1-14(2)32-22-8-5-16(13-20(22)26)23-27-24(33-28-23)17-4-7-21-15(11-17)9-10-29(21)19-6-3-18(12-19)25(30)31/h4-5,7-11,13-14,18-19H,3,6,12H2,1-2H3,(H,30,31)/t18-,19+/m1/s1. The minimum Gasteiger partial charge on any atom is -0.489 e. The van der Waals surface area contributed by atoms with Gasteiger partial charge in [0.05, 0.1) is 17.0 Å². The minimum atomic E-state index is -0.702. The largest absolute Gasteiger partial charge is 0.489 e. The number of fused-ring (bicyclic) bond motifs is 1. The molecule has 0 saturated heterocycles. The van der Waals surface area contributed by atoms with Crippen molar-refractivity contribution in [2.75, 3.05) is 0 Å². The second-order valence-electron chi connectivity index (χ2n) is 8.73. The van der Waals surface area contributed by atoms with Crippen molar-refractivity contribution in [3.63, 3.8) is 0 Å². The number of carboxylic acid groups (broad SMARTS) is 1. The van der Waals surface area contributed by atoms with E-state index in [1.807, 2.05) is 50.4 Å². The molecule has 0 radical (unpaired) electrons. The Morgan fingerprint density at radius 1 is 1.18 bits per heavy atom.